The van der Waals surface area contributed by atoms with E-state index in [1.807, 2.05) is 42.5 Å². The molecule has 0 radical (unpaired) electrons. The van der Waals surface area contributed by atoms with Crippen LogP contribution in [-0.4, -0.2) is 25.2 Å². The molecule has 1 aliphatic rings. The van der Waals surface area contributed by atoms with E-state index in [9.17, 15) is 9.59 Å². The van der Waals surface area contributed by atoms with Gasteiger partial charge in [0.15, 0.2) is 6.10 Å². The Morgan fingerprint density at radius 2 is 1.96 bits per heavy atom. The molecule has 0 saturated heterocycles. The first-order chi connectivity index (χ1) is 12.0. The highest BCUT2D eigenvalue weighted by Crippen LogP contribution is 2.33. The van der Waals surface area contributed by atoms with Crippen LogP contribution in [0, 0.1) is 0 Å². The van der Waals surface area contributed by atoms with Gasteiger partial charge in [0, 0.05) is 13.6 Å². The summed E-state index contributed by atoms with van der Waals surface area (Å²) in [5.41, 5.74) is 2.48. The molecule has 0 fully saturated rings. The Labute approximate surface area is 146 Å². The van der Waals surface area contributed by atoms with E-state index < -0.39 is 12.2 Å². The van der Waals surface area contributed by atoms with Gasteiger partial charge in [0.25, 0.3) is 5.91 Å². The first-order valence-electron chi connectivity index (χ1n) is 8.06. The Hall–Kier alpha value is -3.02. The number of alkyl carbamates (subject to hydrolysis) is 1. The van der Waals surface area contributed by atoms with Crippen molar-refractivity contribution in [3.05, 3.63) is 59.7 Å². The van der Waals surface area contributed by atoms with Crippen LogP contribution in [0.25, 0.3) is 0 Å². The molecule has 1 unspecified atom stereocenters. The third-order valence-corrected chi connectivity index (χ3v) is 4.02. The Morgan fingerprint density at radius 1 is 1.20 bits per heavy atom. The zero-order valence-corrected chi connectivity index (χ0v) is 14.2. The summed E-state index contributed by atoms with van der Waals surface area (Å²) < 4.78 is 10.8. The SMILES string of the molecule is CC1Oc2ccc(CNC(=O)OCc3ccccc3)cc2N(C)C1=O. The number of anilines is 1. The Bertz CT molecular complexity index is 776. The number of nitrogens with one attached hydrogen (secondary N) is 1. The topological polar surface area (TPSA) is 67.9 Å². The van der Waals surface area contributed by atoms with Crippen LogP contribution >= 0.6 is 0 Å². The predicted octanol–water partition coefficient (Wildman–Crippen LogP) is 2.86. The van der Waals surface area contributed by atoms with Crippen molar-refractivity contribution in [3.8, 4) is 5.75 Å². The molecule has 6 nitrogen and oxygen atoms in total. The zero-order chi connectivity index (χ0) is 17.8. The maximum absolute atomic E-state index is 12.0. The van der Waals surface area contributed by atoms with Crippen LogP contribution in [0.3, 0.4) is 0 Å². The molecule has 1 atom stereocenters. The van der Waals surface area contributed by atoms with E-state index >= 15 is 0 Å². The van der Waals surface area contributed by atoms with Crippen LogP contribution in [0.5, 0.6) is 5.75 Å². The number of hydrogen-bond donors (Lipinski definition) is 1. The lowest BCUT2D eigenvalue weighted by atomic mass is 10.1. The van der Waals surface area contributed by atoms with E-state index in [-0.39, 0.29) is 12.5 Å². The fraction of sp³-hybridized carbons (Fsp3) is 0.263. The highest BCUT2D eigenvalue weighted by Gasteiger charge is 2.28. The van der Waals surface area contributed by atoms with Gasteiger partial charge in [-0.25, -0.2) is 4.79 Å². The lowest BCUT2D eigenvalue weighted by Gasteiger charge is -2.30. The second-order valence-corrected chi connectivity index (χ2v) is 5.87. The molecule has 6 heteroatoms. The average molecular weight is 340 g/mol. The summed E-state index contributed by atoms with van der Waals surface area (Å²) in [6.07, 6.45) is -0.981. The molecule has 1 N–H and O–H groups in total. The van der Waals surface area contributed by atoms with Gasteiger partial charge in [-0.1, -0.05) is 36.4 Å². The van der Waals surface area contributed by atoms with Gasteiger partial charge in [0.2, 0.25) is 0 Å². The van der Waals surface area contributed by atoms with Crippen LogP contribution < -0.4 is 15.0 Å². The minimum Gasteiger partial charge on any atom is -0.479 e. The summed E-state index contributed by atoms with van der Waals surface area (Å²) in [5, 5.41) is 2.71. The van der Waals surface area contributed by atoms with Crippen LogP contribution in [0.1, 0.15) is 18.1 Å². The first-order valence-corrected chi connectivity index (χ1v) is 8.06. The first kappa shape index (κ1) is 16.8. The molecule has 2 amide bonds. The molecular formula is C19H20N2O4. The minimum atomic E-state index is -0.491. The number of nitrogens with zero attached hydrogens (tertiary/aromatic N) is 1. The van der Waals surface area contributed by atoms with Crippen molar-refractivity contribution < 1.29 is 19.1 Å². The van der Waals surface area contributed by atoms with Crippen molar-refractivity contribution in [2.24, 2.45) is 0 Å². The van der Waals surface area contributed by atoms with Crippen molar-refractivity contribution >= 4 is 17.7 Å². The lowest BCUT2D eigenvalue weighted by Crippen LogP contribution is -2.42. The number of carbonyl (C=O) groups is 2. The number of rotatable bonds is 4. The van der Waals surface area contributed by atoms with Gasteiger partial charge in [-0.15, -0.1) is 0 Å². The predicted molar refractivity (Wildman–Crippen MR) is 93.4 cm³/mol. The molecule has 1 heterocycles. The Balaban J connectivity index is 1.57. The van der Waals surface area contributed by atoms with E-state index in [0.717, 1.165) is 11.1 Å². The molecule has 0 aromatic heterocycles. The summed E-state index contributed by atoms with van der Waals surface area (Å²) >= 11 is 0. The number of fused-ring (bicyclic) bond motifs is 1. The second-order valence-electron chi connectivity index (χ2n) is 5.87. The normalized spacial score (nSPS) is 16.0. The molecule has 3 rings (SSSR count). The third kappa shape index (κ3) is 3.91. The number of benzene rings is 2. The molecule has 0 saturated carbocycles. The van der Waals surface area contributed by atoms with Gasteiger partial charge in [0.1, 0.15) is 12.4 Å². The van der Waals surface area contributed by atoms with Crippen LogP contribution in [0.2, 0.25) is 0 Å². The summed E-state index contributed by atoms with van der Waals surface area (Å²) in [6.45, 7) is 2.25. The van der Waals surface area contributed by atoms with Gasteiger partial charge >= 0.3 is 6.09 Å². The largest absolute Gasteiger partial charge is 0.479 e. The molecule has 130 valence electrons. The van der Waals surface area contributed by atoms with Crippen molar-refractivity contribution in [1.82, 2.24) is 5.32 Å². The number of amides is 2. The zero-order valence-electron chi connectivity index (χ0n) is 14.2. The number of hydrogen-bond acceptors (Lipinski definition) is 4. The van der Waals surface area contributed by atoms with Crippen molar-refractivity contribution in [1.29, 1.82) is 0 Å². The monoisotopic (exact) mass is 340 g/mol. The molecule has 0 aliphatic carbocycles. The second kappa shape index (κ2) is 7.25. The fourth-order valence-electron chi connectivity index (χ4n) is 2.62. The van der Waals surface area contributed by atoms with E-state index in [0.29, 0.717) is 18.0 Å². The smallest absolute Gasteiger partial charge is 0.407 e. The Morgan fingerprint density at radius 3 is 2.72 bits per heavy atom. The van der Waals surface area contributed by atoms with E-state index in [1.165, 1.54) is 0 Å². The molecule has 0 bridgehead atoms. The van der Waals surface area contributed by atoms with Crippen molar-refractivity contribution in [3.63, 3.8) is 0 Å². The molecular weight excluding hydrogens is 320 g/mol. The summed E-state index contributed by atoms with van der Waals surface area (Å²) in [4.78, 5) is 25.4. The quantitative estimate of drug-likeness (QED) is 0.929. The van der Waals surface area contributed by atoms with Gasteiger partial charge in [-0.05, 0) is 30.2 Å². The molecule has 1 aliphatic heterocycles. The van der Waals surface area contributed by atoms with Crippen LogP contribution in [0.4, 0.5) is 10.5 Å². The maximum Gasteiger partial charge on any atom is 0.407 e. The van der Waals surface area contributed by atoms with Gasteiger partial charge in [-0.3, -0.25) is 4.79 Å². The number of carbonyl (C=O) groups excluding carboxylic acids is 2. The highest BCUT2D eigenvalue weighted by atomic mass is 16.5. The van der Waals surface area contributed by atoms with E-state index in [4.69, 9.17) is 9.47 Å². The molecule has 2 aromatic rings. The van der Waals surface area contributed by atoms with Gasteiger partial charge in [0.05, 0.1) is 5.69 Å². The third-order valence-electron chi connectivity index (χ3n) is 4.02. The minimum absolute atomic E-state index is 0.0973. The van der Waals surface area contributed by atoms with Crippen molar-refractivity contribution in [2.75, 3.05) is 11.9 Å². The van der Waals surface area contributed by atoms with Crippen molar-refractivity contribution in [2.45, 2.75) is 26.2 Å². The average Bonchev–Trinajstić information content (AvgIpc) is 2.64. The van der Waals surface area contributed by atoms with Crippen LogP contribution in [0.15, 0.2) is 48.5 Å². The summed E-state index contributed by atoms with van der Waals surface area (Å²) in [5.74, 6) is 0.560. The van der Waals surface area contributed by atoms with E-state index in [1.54, 1.807) is 24.9 Å². The Kier molecular flexibility index (Phi) is 4.88. The van der Waals surface area contributed by atoms with Gasteiger partial charge < -0.3 is 19.7 Å². The van der Waals surface area contributed by atoms with E-state index in [2.05, 4.69) is 5.32 Å². The standard InChI is InChI=1S/C19H20N2O4/c1-13-18(22)21(2)16-10-15(8-9-17(16)25-13)11-20-19(23)24-12-14-6-4-3-5-7-14/h3-10,13H,11-12H2,1-2H3,(H,20,23). The molecule has 2 aromatic carbocycles. The maximum atomic E-state index is 12.0. The lowest BCUT2D eigenvalue weighted by molar-refractivity contribution is -0.125. The number of ether oxygens (including phenoxy) is 2. The summed E-state index contributed by atoms with van der Waals surface area (Å²) in [6, 6.07) is 15.0. The fourth-order valence-corrected chi connectivity index (χ4v) is 2.62. The van der Waals surface area contributed by atoms with Crippen LogP contribution in [-0.2, 0) is 22.7 Å². The highest BCUT2D eigenvalue weighted by molar-refractivity contribution is 5.99. The summed E-state index contributed by atoms with van der Waals surface area (Å²) in [7, 11) is 1.71. The number of likely N-dealkylation sites (N-methyl/N-ethyl adjacent to an activating group) is 1. The molecule has 0 spiro atoms. The van der Waals surface area contributed by atoms with Gasteiger partial charge in [-0.2, -0.15) is 0 Å². The molecule has 25 heavy (non-hydrogen) atoms.